The summed E-state index contributed by atoms with van der Waals surface area (Å²) in [5.41, 5.74) is 1.83. The van der Waals surface area contributed by atoms with Crippen LogP contribution in [0.4, 0.5) is 0 Å². The fraction of sp³-hybridized carbons (Fsp3) is 0.381. The molecule has 0 aliphatic heterocycles. The monoisotopic (exact) mass is 452 g/mol. The van der Waals surface area contributed by atoms with E-state index < -0.39 is 25.1 Å². The summed E-state index contributed by atoms with van der Waals surface area (Å²) in [6.45, 7) is 7.01. The van der Waals surface area contributed by atoms with Gasteiger partial charge in [0.25, 0.3) is 5.91 Å². The first-order valence-electron chi connectivity index (χ1n) is 9.60. The minimum Gasteiger partial charge on any atom is -0.348 e. The largest absolute Gasteiger partial charge is 0.348 e. The maximum absolute atomic E-state index is 12.3. The molecule has 2 aromatic rings. The Kier molecular flexibility index (Phi) is 7.79. The SMILES string of the molecule is CC(C)NS(=O)(=O)Cc1ccc(CNC(=O)c2ccc(S(=O)(=O)C(C)C)cc2)cc1. The lowest BCUT2D eigenvalue weighted by Crippen LogP contribution is -2.31. The molecule has 0 fully saturated rings. The minimum absolute atomic E-state index is 0.108. The molecule has 0 saturated carbocycles. The Labute approximate surface area is 178 Å². The van der Waals surface area contributed by atoms with E-state index in [1.54, 1.807) is 52.0 Å². The normalized spacial score (nSPS) is 12.3. The maximum atomic E-state index is 12.3. The molecule has 7 nitrogen and oxygen atoms in total. The van der Waals surface area contributed by atoms with Crippen molar-refractivity contribution in [2.75, 3.05) is 0 Å². The van der Waals surface area contributed by atoms with Crippen LogP contribution in [0.1, 0.15) is 49.2 Å². The zero-order valence-electron chi connectivity index (χ0n) is 17.5. The van der Waals surface area contributed by atoms with E-state index in [0.717, 1.165) is 5.56 Å². The van der Waals surface area contributed by atoms with E-state index in [9.17, 15) is 21.6 Å². The molecule has 0 bridgehead atoms. The molecular formula is C21H28N2O5S2. The molecule has 0 spiro atoms. The van der Waals surface area contributed by atoms with Gasteiger partial charge >= 0.3 is 0 Å². The van der Waals surface area contributed by atoms with Crippen LogP contribution in [0.15, 0.2) is 53.4 Å². The highest BCUT2D eigenvalue weighted by Crippen LogP contribution is 2.16. The summed E-state index contributed by atoms with van der Waals surface area (Å²) < 4.78 is 50.8. The number of sulfone groups is 1. The van der Waals surface area contributed by atoms with Gasteiger partial charge in [0.1, 0.15) is 0 Å². The van der Waals surface area contributed by atoms with Crippen molar-refractivity contribution in [1.29, 1.82) is 0 Å². The van der Waals surface area contributed by atoms with Gasteiger partial charge in [-0.15, -0.1) is 0 Å². The lowest BCUT2D eigenvalue weighted by atomic mass is 10.1. The molecule has 0 saturated heterocycles. The highest BCUT2D eigenvalue weighted by Gasteiger charge is 2.19. The Morgan fingerprint density at radius 3 is 1.87 bits per heavy atom. The molecule has 0 atom stereocenters. The minimum atomic E-state index is -3.39. The fourth-order valence-electron chi connectivity index (χ4n) is 2.73. The van der Waals surface area contributed by atoms with Crippen LogP contribution in [0.3, 0.4) is 0 Å². The Balaban J connectivity index is 1.96. The Hall–Kier alpha value is -2.23. The van der Waals surface area contributed by atoms with E-state index in [0.29, 0.717) is 11.1 Å². The maximum Gasteiger partial charge on any atom is 0.251 e. The van der Waals surface area contributed by atoms with Crippen LogP contribution >= 0.6 is 0 Å². The first kappa shape index (κ1) is 24.0. The summed E-state index contributed by atoms with van der Waals surface area (Å²) in [5.74, 6) is -0.431. The highest BCUT2D eigenvalue weighted by atomic mass is 32.2. The van der Waals surface area contributed by atoms with Gasteiger partial charge in [-0.1, -0.05) is 24.3 Å². The number of sulfonamides is 1. The Morgan fingerprint density at radius 2 is 1.37 bits per heavy atom. The zero-order chi connectivity index (χ0) is 22.5. The van der Waals surface area contributed by atoms with Gasteiger partial charge in [-0.3, -0.25) is 4.79 Å². The third kappa shape index (κ3) is 6.65. The van der Waals surface area contributed by atoms with Gasteiger partial charge in [0, 0.05) is 18.2 Å². The standard InChI is InChI=1S/C21H28N2O5S2/c1-15(2)23-29(25,26)14-18-7-5-17(6-8-18)13-22-21(24)19-9-11-20(12-10-19)30(27,28)16(3)4/h5-12,15-16,23H,13-14H2,1-4H3,(H,22,24). The van der Waals surface area contributed by atoms with Crippen molar-refractivity contribution in [3.8, 4) is 0 Å². The molecule has 0 aliphatic carbocycles. The van der Waals surface area contributed by atoms with Crippen LogP contribution in [0.2, 0.25) is 0 Å². The van der Waals surface area contributed by atoms with Crippen LogP contribution in [0.5, 0.6) is 0 Å². The molecule has 0 radical (unpaired) electrons. The Bertz CT molecular complexity index is 1070. The van der Waals surface area contributed by atoms with Gasteiger partial charge in [-0.2, -0.15) is 0 Å². The van der Waals surface area contributed by atoms with Crippen molar-refractivity contribution in [2.45, 2.75) is 56.2 Å². The van der Waals surface area contributed by atoms with Gasteiger partial charge in [0.2, 0.25) is 10.0 Å². The number of carbonyl (C=O) groups is 1. The number of amides is 1. The molecule has 2 aromatic carbocycles. The second-order valence-corrected chi connectivity index (χ2v) is 11.9. The average molecular weight is 453 g/mol. The van der Waals surface area contributed by atoms with E-state index >= 15 is 0 Å². The van der Waals surface area contributed by atoms with Crippen LogP contribution in [0, 0.1) is 0 Å². The number of benzene rings is 2. The first-order valence-corrected chi connectivity index (χ1v) is 12.8. The van der Waals surface area contributed by atoms with Crippen LogP contribution < -0.4 is 10.0 Å². The van der Waals surface area contributed by atoms with Crippen molar-refractivity contribution in [1.82, 2.24) is 10.0 Å². The third-order valence-electron chi connectivity index (χ3n) is 4.31. The van der Waals surface area contributed by atoms with Crippen LogP contribution in [0.25, 0.3) is 0 Å². The van der Waals surface area contributed by atoms with Gasteiger partial charge in [0.05, 0.1) is 15.9 Å². The highest BCUT2D eigenvalue weighted by molar-refractivity contribution is 7.92. The summed E-state index contributed by atoms with van der Waals surface area (Å²) >= 11 is 0. The summed E-state index contributed by atoms with van der Waals surface area (Å²) in [5, 5.41) is 2.24. The summed E-state index contributed by atoms with van der Waals surface area (Å²) in [6, 6.07) is 12.6. The van der Waals surface area contributed by atoms with Crippen molar-refractivity contribution >= 4 is 25.8 Å². The van der Waals surface area contributed by atoms with Gasteiger partial charge < -0.3 is 5.32 Å². The van der Waals surface area contributed by atoms with E-state index in [1.807, 2.05) is 0 Å². The van der Waals surface area contributed by atoms with E-state index in [4.69, 9.17) is 0 Å². The third-order valence-corrected chi connectivity index (χ3v) is 8.03. The predicted molar refractivity (Wildman–Crippen MR) is 117 cm³/mol. The van der Waals surface area contributed by atoms with Crippen molar-refractivity contribution in [3.05, 3.63) is 65.2 Å². The second kappa shape index (κ2) is 9.72. The molecule has 30 heavy (non-hydrogen) atoms. The molecule has 0 unspecified atom stereocenters. The zero-order valence-corrected chi connectivity index (χ0v) is 19.2. The molecule has 0 aromatic heterocycles. The average Bonchev–Trinajstić information content (AvgIpc) is 2.65. The van der Waals surface area contributed by atoms with E-state index in [2.05, 4.69) is 10.0 Å². The second-order valence-electron chi connectivity index (χ2n) is 7.65. The summed E-state index contributed by atoms with van der Waals surface area (Å²) in [4.78, 5) is 12.5. The van der Waals surface area contributed by atoms with E-state index in [1.165, 1.54) is 24.3 Å². The lowest BCUT2D eigenvalue weighted by Gasteiger charge is -2.11. The predicted octanol–water partition coefficient (Wildman–Crippen LogP) is 2.63. The molecule has 2 rings (SSSR count). The van der Waals surface area contributed by atoms with Crippen molar-refractivity contribution in [3.63, 3.8) is 0 Å². The molecule has 164 valence electrons. The first-order chi connectivity index (χ1) is 13.9. The summed E-state index contributed by atoms with van der Waals surface area (Å²) in [7, 11) is -6.77. The molecule has 1 amide bonds. The molecule has 2 N–H and O–H groups in total. The van der Waals surface area contributed by atoms with Crippen LogP contribution in [-0.2, 0) is 32.2 Å². The van der Waals surface area contributed by atoms with Gasteiger partial charge in [0.15, 0.2) is 9.84 Å². The van der Waals surface area contributed by atoms with Gasteiger partial charge in [-0.05, 0) is 63.1 Å². The van der Waals surface area contributed by atoms with Crippen molar-refractivity contribution < 1.29 is 21.6 Å². The molecule has 9 heteroatoms. The molecule has 0 heterocycles. The number of rotatable bonds is 9. The van der Waals surface area contributed by atoms with Gasteiger partial charge in [-0.25, -0.2) is 21.6 Å². The molecular weight excluding hydrogens is 424 g/mol. The number of carbonyl (C=O) groups excluding carboxylic acids is 1. The number of nitrogens with one attached hydrogen (secondary N) is 2. The molecule has 0 aliphatic rings. The quantitative estimate of drug-likeness (QED) is 0.608. The topological polar surface area (TPSA) is 109 Å². The fourth-order valence-corrected chi connectivity index (χ4v) is 5.22. The van der Waals surface area contributed by atoms with E-state index in [-0.39, 0.29) is 29.1 Å². The lowest BCUT2D eigenvalue weighted by molar-refractivity contribution is 0.0951. The smallest absolute Gasteiger partial charge is 0.251 e. The van der Waals surface area contributed by atoms with Crippen LogP contribution in [-0.4, -0.2) is 34.0 Å². The number of hydrogen-bond donors (Lipinski definition) is 2. The summed E-state index contributed by atoms with van der Waals surface area (Å²) in [6.07, 6.45) is 0. The van der Waals surface area contributed by atoms with Crippen molar-refractivity contribution in [2.24, 2.45) is 0 Å². The number of hydrogen-bond acceptors (Lipinski definition) is 5. The Morgan fingerprint density at radius 1 is 0.833 bits per heavy atom.